The topological polar surface area (TPSA) is 54.1 Å². The van der Waals surface area contributed by atoms with Crippen LogP contribution >= 0.6 is 0 Å². The van der Waals surface area contributed by atoms with E-state index in [1.807, 2.05) is 6.21 Å². The van der Waals surface area contributed by atoms with Gasteiger partial charge in [-0.3, -0.25) is 9.89 Å². The molecule has 2 N–H and O–H groups in total. The summed E-state index contributed by atoms with van der Waals surface area (Å²) < 4.78 is 6.57. The van der Waals surface area contributed by atoms with Crippen molar-refractivity contribution in [3.8, 4) is 5.75 Å². The van der Waals surface area contributed by atoms with Gasteiger partial charge < -0.3 is 15.4 Å². The molecule has 1 aliphatic carbocycles. The lowest BCUT2D eigenvalue weighted by Crippen LogP contribution is -2.53. The second-order valence-electron chi connectivity index (χ2n) is 8.16. The lowest BCUT2D eigenvalue weighted by atomic mass is 9.92. The Bertz CT molecular complexity index is 747. The first-order valence-corrected chi connectivity index (χ1v) is 10.3. The number of hydrogen-bond acceptors (Lipinski definition) is 5. The standard InChI is InChI=1S/C22H32N4O/c1-4-26-13-18(14-26)27-22-19(16(11-23)12-24-17-6-7-17)9-10-21-20(22)8-5-15(2)25(21)3/h9-12,15,17-18H,4-8,13-14,23H2,1-3H3. The molecular formula is C22H32N4O. The maximum atomic E-state index is 6.57. The molecule has 5 heteroatoms. The highest BCUT2D eigenvalue weighted by atomic mass is 16.5. The fourth-order valence-corrected chi connectivity index (χ4v) is 3.97. The van der Waals surface area contributed by atoms with Crippen LogP contribution in [0, 0.1) is 0 Å². The van der Waals surface area contributed by atoms with Crippen LogP contribution < -0.4 is 15.4 Å². The molecule has 2 heterocycles. The fourth-order valence-electron chi connectivity index (χ4n) is 3.97. The summed E-state index contributed by atoms with van der Waals surface area (Å²) in [5.74, 6) is 1.02. The van der Waals surface area contributed by atoms with Crippen molar-refractivity contribution in [1.29, 1.82) is 0 Å². The Labute approximate surface area is 162 Å². The molecule has 0 spiro atoms. The number of ether oxygens (including phenoxy) is 1. The fraction of sp³-hybridized carbons (Fsp3) is 0.591. The number of aliphatic imine (C=N–C) groups is 1. The predicted octanol–water partition coefficient (Wildman–Crippen LogP) is 3.07. The molecule has 0 aromatic heterocycles. The van der Waals surface area contributed by atoms with Gasteiger partial charge in [0, 0.05) is 61.0 Å². The van der Waals surface area contributed by atoms with Gasteiger partial charge in [-0.25, -0.2) is 0 Å². The van der Waals surface area contributed by atoms with Gasteiger partial charge in [-0.05, 0) is 51.3 Å². The zero-order valence-corrected chi connectivity index (χ0v) is 16.8. The van der Waals surface area contributed by atoms with Crippen molar-refractivity contribution in [2.45, 2.75) is 57.7 Å². The minimum absolute atomic E-state index is 0.263. The summed E-state index contributed by atoms with van der Waals surface area (Å²) in [6.45, 7) is 7.58. The third-order valence-corrected chi connectivity index (χ3v) is 6.21. The van der Waals surface area contributed by atoms with Crippen molar-refractivity contribution in [3.05, 3.63) is 29.5 Å². The summed E-state index contributed by atoms with van der Waals surface area (Å²) in [7, 11) is 2.18. The van der Waals surface area contributed by atoms with Crippen molar-refractivity contribution in [1.82, 2.24) is 4.90 Å². The van der Waals surface area contributed by atoms with E-state index in [1.165, 1.54) is 24.1 Å². The maximum Gasteiger partial charge on any atom is 0.133 e. The summed E-state index contributed by atoms with van der Waals surface area (Å²) >= 11 is 0. The Balaban J connectivity index is 1.69. The van der Waals surface area contributed by atoms with E-state index in [0.717, 1.165) is 49.4 Å². The van der Waals surface area contributed by atoms with Gasteiger partial charge in [-0.15, -0.1) is 0 Å². The summed E-state index contributed by atoms with van der Waals surface area (Å²) in [6.07, 6.45) is 8.46. The molecular weight excluding hydrogens is 336 g/mol. The zero-order chi connectivity index (χ0) is 19.0. The third kappa shape index (κ3) is 3.70. The average molecular weight is 369 g/mol. The molecule has 1 aromatic carbocycles. The van der Waals surface area contributed by atoms with Crippen LogP contribution in [0.25, 0.3) is 5.57 Å². The Morgan fingerprint density at radius 2 is 2.07 bits per heavy atom. The molecule has 5 nitrogen and oxygen atoms in total. The second-order valence-corrected chi connectivity index (χ2v) is 8.16. The minimum Gasteiger partial charge on any atom is -0.487 e. The third-order valence-electron chi connectivity index (χ3n) is 6.21. The molecule has 4 rings (SSSR count). The van der Waals surface area contributed by atoms with Crippen LogP contribution in [0.2, 0.25) is 0 Å². The first kappa shape index (κ1) is 18.4. The number of fused-ring (bicyclic) bond motifs is 1. The lowest BCUT2D eigenvalue weighted by molar-refractivity contribution is 0.0230. The predicted molar refractivity (Wildman–Crippen MR) is 113 cm³/mol. The number of nitrogens with two attached hydrogens (primary N) is 1. The zero-order valence-electron chi connectivity index (χ0n) is 16.8. The van der Waals surface area contributed by atoms with E-state index in [-0.39, 0.29) is 6.10 Å². The number of nitrogens with zero attached hydrogens (tertiary/aromatic N) is 3. The quantitative estimate of drug-likeness (QED) is 0.784. The molecule has 1 atom stereocenters. The van der Waals surface area contributed by atoms with Gasteiger partial charge >= 0.3 is 0 Å². The van der Waals surface area contributed by atoms with Crippen LogP contribution in [-0.2, 0) is 6.42 Å². The molecule has 1 unspecified atom stereocenters. The van der Waals surface area contributed by atoms with E-state index >= 15 is 0 Å². The van der Waals surface area contributed by atoms with E-state index in [1.54, 1.807) is 6.20 Å². The molecule has 0 bridgehead atoms. The minimum atomic E-state index is 0.263. The van der Waals surface area contributed by atoms with E-state index in [2.05, 4.69) is 47.8 Å². The smallest absolute Gasteiger partial charge is 0.133 e. The molecule has 27 heavy (non-hydrogen) atoms. The Kier molecular flexibility index (Phi) is 5.13. The summed E-state index contributed by atoms with van der Waals surface area (Å²) in [4.78, 5) is 9.43. The molecule has 3 aliphatic rings. The molecule has 2 aliphatic heterocycles. The Hall–Kier alpha value is -2.01. The number of benzene rings is 1. The number of allylic oxidation sites excluding steroid dienone is 1. The normalized spacial score (nSPS) is 24.2. The van der Waals surface area contributed by atoms with E-state index in [9.17, 15) is 0 Å². The number of anilines is 1. The molecule has 146 valence electrons. The van der Waals surface area contributed by atoms with Gasteiger partial charge in [0.1, 0.15) is 11.9 Å². The van der Waals surface area contributed by atoms with Crippen molar-refractivity contribution >= 4 is 17.5 Å². The molecule has 1 aromatic rings. The Morgan fingerprint density at radius 3 is 2.74 bits per heavy atom. The van der Waals surface area contributed by atoms with E-state index < -0.39 is 0 Å². The highest BCUT2D eigenvalue weighted by molar-refractivity contribution is 6.11. The van der Waals surface area contributed by atoms with Crippen molar-refractivity contribution in [2.75, 3.05) is 31.6 Å². The highest BCUT2D eigenvalue weighted by Crippen LogP contribution is 2.41. The highest BCUT2D eigenvalue weighted by Gasteiger charge is 2.31. The average Bonchev–Trinajstić information content (AvgIpc) is 3.46. The molecule has 1 saturated carbocycles. The van der Waals surface area contributed by atoms with Crippen molar-refractivity contribution in [2.24, 2.45) is 10.7 Å². The second kappa shape index (κ2) is 7.55. The van der Waals surface area contributed by atoms with Crippen LogP contribution in [0.3, 0.4) is 0 Å². The first-order valence-electron chi connectivity index (χ1n) is 10.3. The number of hydrogen-bond donors (Lipinski definition) is 1. The van der Waals surface area contributed by atoms with Gasteiger partial charge in [-0.2, -0.15) is 0 Å². The van der Waals surface area contributed by atoms with Crippen molar-refractivity contribution < 1.29 is 4.74 Å². The molecule has 2 fully saturated rings. The van der Waals surface area contributed by atoms with Gasteiger partial charge in [0.2, 0.25) is 0 Å². The van der Waals surface area contributed by atoms with Crippen LogP contribution in [0.1, 0.15) is 44.2 Å². The largest absolute Gasteiger partial charge is 0.487 e. The van der Waals surface area contributed by atoms with E-state index in [0.29, 0.717) is 12.1 Å². The summed E-state index contributed by atoms with van der Waals surface area (Å²) in [5.41, 5.74) is 10.7. The van der Waals surface area contributed by atoms with Gasteiger partial charge in [0.25, 0.3) is 0 Å². The van der Waals surface area contributed by atoms with Crippen molar-refractivity contribution in [3.63, 3.8) is 0 Å². The summed E-state index contributed by atoms with van der Waals surface area (Å²) in [5, 5.41) is 0. The van der Waals surface area contributed by atoms with Gasteiger partial charge in [-0.1, -0.05) is 6.92 Å². The van der Waals surface area contributed by atoms with Crippen LogP contribution in [-0.4, -0.2) is 56.0 Å². The Morgan fingerprint density at radius 1 is 1.30 bits per heavy atom. The number of likely N-dealkylation sites (tertiary alicyclic amines) is 1. The van der Waals surface area contributed by atoms with E-state index in [4.69, 9.17) is 10.5 Å². The maximum absolute atomic E-state index is 6.57. The van der Waals surface area contributed by atoms with Gasteiger partial charge in [0.15, 0.2) is 0 Å². The molecule has 0 amide bonds. The lowest BCUT2D eigenvalue weighted by Gasteiger charge is -2.40. The molecule has 0 radical (unpaired) electrons. The van der Waals surface area contributed by atoms with Crippen LogP contribution in [0.5, 0.6) is 5.75 Å². The number of rotatable bonds is 6. The SMILES string of the molecule is CCN1CC(Oc2c(C(C=NC3CC3)=CN)ccc3c2CCC(C)N3C)C1. The van der Waals surface area contributed by atoms with Gasteiger partial charge in [0.05, 0.1) is 6.04 Å². The van der Waals surface area contributed by atoms with Crippen LogP contribution in [0.4, 0.5) is 5.69 Å². The molecule has 1 saturated heterocycles. The summed E-state index contributed by atoms with van der Waals surface area (Å²) in [6, 6.07) is 5.42. The monoisotopic (exact) mass is 368 g/mol. The first-order chi connectivity index (χ1) is 13.1. The number of likely N-dealkylation sites (N-methyl/N-ethyl adjacent to an activating group) is 1. The van der Waals surface area contributed by atoms with Crippen LogP contribution in [0.15, 0.2) is 23.3 Å².